The largest absolute Gasteiger partial charge is 0.356 e. The molecule has 0 bridgehead atoms. The highest BCUT2D eigenvalue weighted by atomic mass is 16.2. The summed E-state index contributed by atoms with van der Waals surface area (Å²) in [6.45, 7) is 3.86. The van der Waals surface area contributed by atoms with Gasteiger partial charge in [-0.15, -0.1) is 0 Å². The maximum absolute atomic E-state index is 11.8. The molecule has 0 aromatic heterocycles. The Kier molecular flexibility index (Phi) is 10.4. The fourth-order valence-electron chi connectivity index (χ4n) is 3.52. The van der Waals surface area contributed by atoms with E-state index in [1.165, 1.54) is 17.1 Å². The van der Waals surface area contributed by atoms with Crippen molar-refractivity contribution in [3.8, 4) is 0 Å². The molecule has 2 rings (SSSR count). The van der Waals surface area contributed by atoms with E-state index in [9.17, 15) is 19.2 Å². The van der Waals surface area contributed by atoms with E-state index < -0.39 is 0 Å². The zero-order chi connectivity index (χ0) is 20.9. The van der Waals surface area contributed by atoms with E-state index in [0.29, 0.717) is 38.3 Å². The van der Waals surface area contributed by atoms with Crippen LogP contribution in [0.2, 0.25) is 0 Å². The molecule has 162 valence electrons. The van der Waals surface area contributed by atoms with Crippen LogP contribution in [0.15, 0.2) is 12.2 Å². The number of nitrogens with zero attached hydrogens (tertiary/aromatic N) is 1. The maximum atomic E-state index is 11.8. The zero-order valence-electron chi connectivity index (χ0n) is 17.2. The quantitative estimate of drug-likeness (QED) is 0.293. The number of carbonyl (C=O) groups is 4. The Morgan fingerprint density at radius 1 is 0.931 bits per heavy atom. The second kappa shape index (κ2) is 13.1. The normalized spacial score (nSPS) is 18.5. The van der Waals surface area contributed by atoms with Crippen LogP contribution in [-0.4, -0.2) is 61.3 Å². The molecule has 1 fully saturated rings. The van der Waals surface area contributed by atoms with Crippen molar-refractivity contribution in [3.63, 3.8) is 0 Å². The van der Waals surface area contributed by atoms with Crippen molar-refractivity contribution in [2.75, 3.05) is 32.7 Å². The third-order valence-electron chi connectivity index (χ3n) is 5.34. The van der Waals surface area contributed by atoms with Gasteiger partial charge < -0.3 is 16.0 Å². The molecule has 29 heavy (non-hydrogen) atoms. The lowest BCUT2D eigenvalue weighted by Crippen LogP contribution is -2.30. The van der Waals surface area contributed by atoms with Gasteiger partial charge in [0.1, 0.15) is 0 Å². The first-order valence-electron chi connectivity index (χ1n) is 10.8. The van der Waals surface area contributed by atoms with E-state index in [1.807, 2.05) is 0 Å². The summed E-state index contributed by atoms with van der Waals surface area (Å²) in [4.78, 5) is 47.6. The highest BCUT2D eigenvalue weighted by Crippen LogP contribution is 2.08. The van der Waals surface area contributed by atoms with Gasteiger partial charge in [0.15, 0.2) is 0 Å². The average Bonchev–Trinajstić information content (AvgIpc) is 3.33. The molecule has 2 aliphatic heterocycles. The van der Waals surface area contributed by atoms with Gasteiger partial charge in [-0.1, -0.05) is 12.8 Å². The minimum Gasteiger partial charge on any atom is -0.356 e. The average molecular weight is 407 g/mol. The van der Waals surface area contributed by atoms with Crippen LogP contribution in [0.4, 0.5) is 0 Å². The Hall–Kier alpha value is -2.22. The lowest BCUT2D eigenvalue weighted by molar-refractivity contribution is -0.137. The Morgan fingerprint density at radius 3 is 2.24 bits per heavy atom. The van der Waals surface area contributed by atoms with Crippen LogP contribution >= 0.6 is 0 Å². The van der Waals surface area contributed by atoms with E-state index in [4.69, 9.17) is 0 Å². The van der Waals surface area contributed by atoms with Gasteiger partial charge in [0, 0.05) is 44.6 Å². The van der Waals surface area contributed by atoms with Gasteiger partial charge in [-0.3, -0.25) is 24.1 Å². The number of rotatable bonds is 14. The van der Waals surface area contributed by atoms with Crippen LogP contribution in [0.1, 0.15) is 57.8 Å². The summed E-state index contributed by atoms with van der Waals surface area (Å²) < 4.78 is 0. The summed E-state index contributed by atoms with van der Waals surface area (Å²) in [7, 11) is 0. The lowest BCUT2D eigenvalue weighted by atomic mass is 10.1. The molecular formula is C21H34N4O4. The number of hydrogen-bond donors (Lipinski definition) is 3. The number of amides is 4. The van der Waals surface area contributed by atoms with E-state index >= 15 is 0 Å². The van der Waals surface area contributed by atoms with E-state index in [-0.39, 0.29) is 23.6 Å². The highest BCUT2D eigenvalue weighted by molar-refractivity contribution is 6.12. The van der Waals surface area contributed by atoms with Crippen LogP contribution < -0.4 is 16.0 Å². The van der Waals surface area contributed by atoms with Crippen molar-refractivity contribution in [2.24, 2.45) is 5.92 Å². The molecule has 0 unspecified atom stereocenters. The summed E-state index contributed by atoms with van der Waals surface area (Å²) in [6, 6.07) is 0. The molecule has 3 N–H and O–H groups in total. The number of carbonyl (C=O) groups excluding carboxylic acids is 4. The molecule has 1 atom stereocenters. The van der Waals surface area contributed by atoms with Gasteiger partial charge in [-0.25, -0.2) is 0 Å². The molecule has 8 nitrogen and oxygen atoms in total. The monoisotopic (exact) mass is 406 g/mol. The summed E-state index contributed by atoms with van der Waals surface area (Å²) in [5.41, 5.74) is 0. The molecule has 0 spiro atoms. The Labute approximate surface area is 172 Å². The zero-order valence-corrected chi connectivity index (χ0v) is 17.2. The summed E-state index contributed by atoms with van der Waals surface area (Å²) in [5.74, 6) is 0.209. The summed E-state index contributed by atoms with van der Waals surface area (Å²) >= 11 is 0. The van der Waals surface area contributed by atoms with Crippen molar-refractivity contribution < 1.29 is 19.2 Å². The first-order valence-corrected chi connectivity index (χ1v) is 10.8. The minimum absolute atomic E-state index is 0.0305. The predicted octanol–water partition coefficient (Wildman–Crippen LogP) is 0.874. The number of nitrogens with one attached hydrogen (secondary N) is 3. The van der Waals surface area contributed by atoms with Crippen LogP contribution in [-0.2, 0) is 19.2 Å². The van der Waals surface area contributed by atoms with Gasteiger partial charge in [0.25, 0.3) is 11.8 Å². The maximum Gasteiger partial charge on any atom is 0.253 e. The Bertz CT molecular complexity index is 581. The third-order valence-corrected chi connectivity index (χ3v) is 5.34. The summed E-state index contributed by atoms with van der Waals surface area (Å²) in [5, 5.41) is 9.19. The molecular weight excluding hydrogens is 372 g/mol. The molecule has 0 radical (unpaired) electrons. The topological polar surface area (TPSA) is 108 Å². The molecule has 4 amide bonds. The molecule has 0 saturated carbocycles. The van der Waals surface area contributed by atoms with Crippen LogP contribution in [0.25, 0.3) is 0 Å². The standard InChI is InChI=1S/C21H34N4O4/c26-18(7-4-2-6-14-25-20(28)9-10-21(25)29)23-12-5-1-3-8-19(27)24-16-17-11-13-22-15-17/h9-10,17,22H,1-8,11-16H2,(H,23,26)(H,24,27)/t17-/m0/s1. The molecule has 8 heteroatoms. The molecule has 2 heterocycles. The fourth-order valence-corrected chi connectivity index (χ4v) is 3.52. The SMILES string of the molecule is O=C(CCCCCN1C(=O)C=CC1=O)NCCCCCC(=O)NC[C@H]1CCNC1. The van der Waals surface area contributed by atoms with Gasteiger partial charge in [-0.2, -0.15) is 0 Å². The van der Waals surface area contributed by atoms with Gasteiger partial charge in [0.2, 0.25) is 11.8 Å². The second-order valence-corrected chi connectivity index (χ2v) is 7.80. The Balaban J connectivity index is 1.36. The van der Waals surface area contributed by atoms with Gasteiger partial charge in [0.05, 0.1) is 0 Å². The van der Waals surface area contributed by atoms with E-state index in [2.05, 4.69) is 16.0 Å². The first kappa shape index (κ1) is 23.1. The highest BCUT2D eigenvalue weighted by Gasteiger charge is 2.22. The van der Waals surface area contributed by atoms with Crippen molar-refractivity contribution in [1.82, 2.24) is 20.9 Å². The van der Waals surface area contributed by atoms with Crippen molar-refractivity contribution in [3.05, 3.63) is 12.2 Å². The predicted molar refractivity (Wildman–Crippen MR) is 110 cm³/mol. The number of imide groups is 1. The molecule has 0 aromatic carbocycles. The molecule has 0 aliphatic carbocycles. The van der Waals surface area contributed by atoms with Gasteiger partial charge in [-0.05, 0) is 51.1 Å². The smallest absolute Gasteiger partial charge is 0.253 e. The van der Waals surface area contributed by atoms with Crippen LogP contribution in [0.3, 0.4) is 0 Å². The van der Waals surface area contributed by atoms with Crippen molar-refractivity contribution in [2.45, 2.75) is 57.8 Å². The second-order valence-electron chi connectivity index (χ2n) is 7.80. The Morgan fingerprint density at radius 2 is 1.59 bits per heavy atom. The number of unbranched alkanes of at least 4 members (excludes halogenated alkanes) is 4. The lowest BCUT2D eigenvalue weighted by Gasteiger charge is -2.13. The first-order chi connectivity index (χ1) is 14.1. The van der Waals surface area contributed by atoms with E-state index in [1.54, 1.807) is 0 Å². The minimum atomic E-state index is -0.253. The molecule has 2 aliphatic rings. The van der Waals surface area contributed by atoms with Gasteiger partial charge >= 0.3 is 0 Å². The molecule has 0 aromatic rings. The number of hydrogen-bond acceptors (Lipinski definition) is 5. The van der Waals surface area contributed by atoms with E-state index in [0.717, 1.165) is 58.2 Å². The summed E-state index contributed by atoms with van der Waals surface area (Å²) in [6.07, 6.45) is 9.61. The van der Waals surface area contributed by atoms with Crippen molar-refractivity contribution in [1.29, 1.82) is 0 Å². The van der Waals surface area contributed by atoms with Crippen LogP contribution in [0, 0.1) is 5.92 Å². The van der Waals surface area contributed by atoms with Crippen LogP contribution in [0.5, 0.6) is 0 Å². The third kappa shape index (κ3) is 9.21. The van der Waals surface area contributed by atoms with Crippen molar-refractivity contribution >= 4 is 23.6 Å². The molecule has 1 saturated heterocycles. The fraction of sp³-hybridized carbons (Fsp3) is 0.714.